The monoisotopic (exact) mass is 848 g/mol. The zero-order valence-corrected chi connectivity index (χ0v) is 40.5. The molecule has 0 aliphatic carbocycles. The molecular formula is C54H105NO5. The molecule has 0 heterocycles. The Labute approximate surface area is 374 Å². The highest BCUT2D eigenvalue weighted by Crippen LogP contribution is 2.17. The Morgan fingerprint density at radius 2 is 0.783 bits per heavy atom. The maximum atomic E-state index is 12.4. The number of carbonyl (C=O) groups excluding carboxylic acids is 2. The first-order chi connectivity index (χ1) is 29.5. The third-order valence-electron chi connectivity index (χ3n) is 12.6. The second-order valence-electron chi connectivity index (χ2n) is 18.6. The maximum absolute atomic E-state index is 12.4. The van der Waals surface area contributed by atoms with Gasteiger partial charge in [-0.3, -0.25) is 9.59 Å². The number of aliphatic hydroxyl groups excluding tert-OH is 2. The van der Waals surface area contributed by atoms with Crippen molar-refractivity contribution in [1.82, 2.24) is 5.32 Å². The molecule has 60 heavy (non-hydrogen) atoms. The highest BCUT2D eigenvalue weighted by Gasteiger charge is 2.20. The number of allylic oxidation sites excluding steroid dienone is 2. The van der Waals surface area contributed by atoms with Gasteiger partial charge in [0.15, 0.2) is 0 Å². The van der Waals surface area contributed by atoms with Gasteiger partial charge in [0.25, 0.3) is 0 Å². The number of nitrogens with one attached hydrogen (secondary N) is 1. The summed E-state index contributed by atoms with van der Waals surface area (Å²) in [5, 5.41) is 23.2. The molecule has 2 unspecified atom stereocenters. The Morgan fingerprint density at radius 1 is 0.450 bits per heavy atom. The number of hydrogen-bond acceptors (Lipinski definition) is 5. The smallest absolute Gasteiger partial charge is 0.305 e. The number of unbranched alkanes of at least 4 members (excludes halogenated alkanes) is 37. The van der Waals surface area contributed by atoms with Gasteiger partial charge in [0.05, 0.1) is 25.4 Å². The molecule has 3 N–H and O–H groups in total. The third-order valence-corrected chi connectivity index (χ3v) is 12.6. The predicted octanol–water partition coefficient (Wildman–Crippen LogP) is 16.1. The summed E-state index contributed by atoms with van der Waals surface area (Å²) in [5.41, 5.74) is 0. The van der Waals surface area contributed by atoms with Crippen molar-refractivity contribution in [3.05, 3.63) is 12.2 Å². The molecule has 0 saturated heterocycles. The van der Waals surface area contributed by atoms with Gasteiger partial charge in [-0.2, -0.15) is 0 Å². The fraction of sp³-hybridized carbons (Fsp3) is 0.926. The quantitative estimate of drug-likeness (QED) is 0.0322. The SMILES string of the molecule is CCCCC/C=C\CCCCCCCC(=O)OCCCCCCCCCCCCCCCCCCCC(=O)NC(CO)C(O)CCCCCCCCCCCCCCCC. The van der Waals surface area contributed by atoms with E-state index in [0.717, 1.165) is 44.9 Å². The number of aliphatic hydroxyl groups is 2. The average Bonchev–Trinajstić information content (AvgIpc) is 3.25. The van der Waals surface area contributed by atoms with Crippen LogP contribution in [0.3, 0.4) is 0 Å². The molecule has 0 bridgehead atoms. The van der Waals surface area contributed by atoms with Crippen molar-refractivity contribution in [2.75, 3.05) is 13.2 Å². The summed E-state index contributed by atoms with van der Waals surface area (Å²) >= 11 is 0. The Hall–Kier alpha value is -1.40. The van der Waals surface area contributed by atoms with Crippen molar-refractivity contribution in [3.8, 4) is 0 Å². The second-order valence-corrected chi connectivity index (χ2v) is 18.6. The minimum absolute atomic E-state index is 0.00446. The van der Waals surface area contributed by atoms with E-state index >= 15 is 0 Å². The lowest BCUT2D eigenvalue weighted by atomic mass is 10.0. The lowest BCUT2D eigenvalue weighted by Crippen LogP contribution is -2.45. The Morgan fingerprint density at radius 3 is 1.22 bits per heavy atom. The zero-order valence-electron chi connectivity index (χ0n) is 40.5. The Bertz CT molecular complexity index is 893. The van der Waals surface area contributed by atoms with Crippen LogP contribution in [0.5, 0.6) is 0 Å². The molecular weight excluding hydrogens is 743 g/mol. The topological polar surface area (TPSA) is 95.9 Å². The molecule has 0 radical (unpaired) electrons. The number of hydrogen-bond donors (Lipinski definition) is 3. The Balaban J connectivity index is 3.42. The van der Waals surface area contributed by atoms with Crippen LogP contribution in [0.4, 0.5) is 0 Å². The molecule has 0 spiro atoms. The zero-order chi connectivity index (χ0) is 43.7. The largest absolute Gasteiger partial charge is 0.466 e. The number of rotatable bonds is 50. The van der Waals surface area contributed by atoms with Crippen molar-refractivity contribution >= 4 is 11.9 Å². The summed E-state index contributed by atoms with van der Waals surface area (Å²) in [6, 6.07) is -0.544. The molecule has 1 amide bonds. The molecule has 0 fully saturated rings. The van der Waals surface area contributed by atoms with E-state index in [1.54, 1.807) is 0 Å². The number of ether oxygens (including phenoxy) is 1. The number of carbonyl (C=O) groups is 2. The fourth-order valence-corrected chi connectivity index (χ4v) is 8.40. The first-order valence-electron chi connectivity index (χ1n) is 26.9. The molecule has 0 aliphatic heterocycles. The van der Waals surface area contributed by atoms with Crippen LogP contribution in [-0.4, -0.2) is 47.4 Å². The van der Waals surface area contributed by atoms with Gasteiger partial charge in [-0.15, -0.1) is 0 Å². The highest BCUT2D eigenvalue weighted by molar-refractivity contribution is 5.76. The van der Waals surface area contributed by atoms with E-state index in [1.807, 2.05) is 0 Å². The van der Waals surface area contributed by atoms with E-state index in [2.05, 4.69) is 31.3 Å². The molecule has 0 rings (SSSR count). The van der Waals surface area contributed by atoms with E-state index in [9.17, 15) is 19.8 Å². The van der Waals surface area contributed by atoms with Crippen molar-refractivity contribution in [2.45, 2.75) is 309 Å². The summed E-state index contributed by atoms with van der Waals surface area (Å²) in [4.78, 5) is 24.4. The van der Waals surface area contributed by atoms with Crippen LogP contribution in [-0.2, 0) is 14.3 Å². The summed E-state index contributed by atoms with van der Waals surface area (Å²) in [5.74, 6) is -0.0438. The molecule has 0 aromatic rings. The molecule has 6 heteroatoms. The standard InChI is InChI=1S/C54H105NO5/c1-3-5-7-9-11-13-15-17-23-26-30-34-38-42-46-52(57)51(50-56)55-53(58)47-43-39-35-31-27-24-21-19-18-20-22-25-29-33-37-41-45-49-60-54(59)48-44-40-36-32-28-16-14-12-10-8-6-4-2/h12,14,51-52,56-57H,3-11,13,15-50H2,1-2H3,(H,55,58)/b14-12-. The molecule has 0 aliphatic rings. The van der Waals surface area contributed by atoms with Gasteiger partial charge in [-0.1, -0.05) is 244 Å². The van der Waals surface area contributed by atoms with Gasteiger partial charge in [0.1, 0.15) is 0 Å². The first-order valence-corrected chi connectivity index (χ1v) is 26.9. The fourth-order valence-electron chi connectivity index (χ4n) is 8.40. The predicted molar refractivity (Wildman–Crippen MR) is 260 cm³/mol. The van der Waals surface area contributed by atoms with Crippen LogP contribution in [0.1, 0.15) is 296 Å². The van der Waals surface area contributed by atoms with E-state index < -0.39 is 12.1 Å². The van der Waals surface area contributed by atoms with E-state index in [4.69, 9.17) is 4.74 Å². The second kappa shape index (κ2) is 50.2. The van der Waals surface area contributed by atoms with Gasteiger partial charge >= 0.3 is 5.97 Å². The van der Waals surface area contributed by atoms with Crippen LogP contribution in [0, 0.1) is 0 Å². The van der Waals surface area contributed by atoms with E-state index in [-0.39, 0.29) is 18.5 Å². The lowest BCUT2D eigenvalue weighted by Gasteiger charge is -2.22. The number of esters is 1. The van der Waals surface area contributed by atoms with Crippen LogP contribution >= 0.6 is 0 Å². The van der Waals surface area contributed by atoms with Crippen LogP contribution in [0.2, 0.25) is 0 Å². The maximum Gasteiger partial charge on any atom is 0.305 e. The van der Waals surface area contributed by atoms with Gasteiger partial charge in [0.2, 0.25) is 5.91 Å². The summed E-state index contributed by atoms with van der Waals surface area (Å²) < 4.78 is 5.45. The van der Waals surface area contributed by atoms with Crippen molar-refractivity contribution in [3.63, 3.8) is 0 Å². The molecule has 356 valence electrons. The Kier molecular flexibility index (Phi) is 49.1. The van der Waals surface area contributed by atoms with Gasteiger partial charge < -0.3 is 20.3 Å². The average molecular weight is 848 g/mol. The third kappa shape index (κ3) is 46.1. The summed E-state index contributed by atoms with van der Waals surface area (Å²) in [6.07, 6.45) is 57.5. The molecule has 0 saturated carbocycles. The normalized spacial score (nSPS) is 12.7. The highest BCUT2D eigenvalue weighted by atomic mass is 16.5. The van der Waals surface area contributed by atoms with Crippen LogP contribution < -0.4 is 5.32 Å². The van der Waals surface area contributed by atoms with Gasteiger partial charge in [0, 0.05) is 12.8 Å². The van der Waals surface area contributed by atoms with Crippen molar-refractivity contribution in [1.29, 1.82) is 0 Å². The summed E-state index contributed by atoms with van der Waals surface area (Å²) in [6.45, 7) is 4.92. The van der Waals surface area contributed by atoms with Crippen LogP contribution in [0.25, 0.3) is 0 Å². The van der Waals surface area contributed by atoms with Crippen LogP contribution in [0.15, 0.2) is 12.2 Å². The minimum atomic E-state index is -0.666. The minimum Gasteiger partial charge on any atom is -0.466 e. The van der Waals surface area contributed by atoms with E-state index in [0.29, 0.717) is 25.9 Å². The molecule has 6 nitrogen and oxygen atoms in total. The molecule has 0 aromatic heterocycles. The van der Waals surface area contributed by atoms with E-state index in [1.165, 1.54) is 218 Å². The first kappa shape index (κ1) is 58.6. The van der Waals surface area contributed by atoms with Gasteiger partial charge in [-0.25, -0.2) is 0 Å². The number of amides is 1. The lowest BCUT2D eigenvalue weighted by molar-refractivity contribution is -0.143. The molecule has 2 atom stereocenters. The van der Waals surface area contributed by atoms with Crippen molar-refractivity contribution < 1.29 is 24.5 Å². The molecule has 0 aromatic carbocycles. The van der Waals surface area contributed by atoms with Gasteiger partial charge in [-0.05, 0) is 51.4 Å². The van der Waals surface area contributed by atoms with Crippen molar-refractivity contribution in [2.24, 2.45) is 0 Å². The summed E-state index contributed by atoms with van der Waals surface area (Å²) in [7, 11) is 0.